The average Bonchev–Trinajstić information content (AvgIpc) is 3.33. The first kappa shape index (κ1) is 16.1. The predicted molar refractivity (Wildman–Crippen MR) is 91.2 cm³/mol. The molecule has 1 atom stereocenters. The molecule has 3 heterocycles. The summed E-state index contributed by atoms with van der Waals surface area (Å²) in [6, 6.07) is 8.36. The van der Waals surface area contributed by atoms with E-state index in [-0.39, 0.29) is 11.7 Å². The van der Waals surface area contributed by atoms with Crippen LogP contribution < -0.4 is 0 Å². The zero-order valence-corrected chi connectivity index (χ0v) is 14.1. The number of carbonyl (C=O) groups is 1. The summed E-state index contributed by atoms with van der Waals surface area (Å²) in [7, 11) is 0. The van der Waals surface area contributed by atoms with Crippen LogP contribution in [0.5, 0.6) is 5.75 Å². The van der Waals surface area contributed by atoms with E-state index in [2.05, 4.69) is 5.16 Å². The summed E-state index contributed by atoms with van der Waals surface area (Å²) < 4.78 is 10.8. The highest BCUT2D eigenvalue weighted by Crippen LogP contribution is 2.31. The number of aromatic hydroxyl groups is 1. The number of rotatable bonds is 3. The van der Waals surface area contributed by atoms with Crippen LogP contribution in [0.3, 0.4) is 0 Å². The highest BCUT2D eigenvalue weighted by Gasteiger charge is 2.31. The molecule has 0 aliphatic carbocycles. The van der Waals surface area contributed by atoms with Crippen molar-refractivity contribution in [2.45, 2.75) is 19.3 Å². The third-order valence-electron chi connectivity index (χ3n) is 5.32. The van der Waals surface area contributed by atoms with Gasteiger partial charge in [-0.3, -0.25) is 4.79 Å². The minimum absolute atomic E-state index is 0.0868. The van der Waals surface area contributed by atoms with Crippen molar-refractivity contribution in [1.29, 1.82) is 0 Å². The predicted octanol–water partition coefficient (Wildman–Crippen LogP) is 2.94. The highest BCUT2D eigenvalue weighted by molar-refractivity contribution is 5.93. The molecule has 6 heteroatoms. The van der Waals surface area contributed by atoms with Gasteiger partial charge in [-0.05, 0) is 43.2 Å². The minimum Gasteiger partial charge on any atom is -0.508 e. The van der Waals surface area contributed by atoms with Crippen molar-refractivity contribution in [2.75, 3.05) is 26.3 Å². The lowest BCUT2D eigenvalue weighted by Gasteiger charge is -2.34. The maximum Gasteiger partial charge on any atom is 0.276 e. The lowest BCUT2D eigenvalue weighted by Crippen LogP contribution is -2.40. The lowest BCUT2D eigenvalue weighted by atomic mass is 9.84. The third kappa shape index (κ3) is 3.39. The molecule has 0 bridgehead atoms. The van der Waals surface area contributed by atoms with Crippen molar-refractivity contribution in [3.63, 3.8) is 0 Å². The molecule has 0 saturated carbocycles. The Labute approximate surface area is 146 Å². The summed E-state index contributed by atoms with van der Waals surface area (Å²) in [5.74, 6) is 1.86. The normalized spacial score (nSPS) is 21.6. The lowest BCUT2D eigenvalue weighted by molar-refractivity contribution is 0.0638. The average molecular weight is 342 g/mol. The number of likely N-dealkylation sites (tertiary alicyclic amines) is 1. The van der Waals surface area contributed by atoms with Crippen LogP contribution in [0.15, 0.2) is 34.9 Å². The zero-order chi connectivity index (χ0) is 17.2. The van der Waals surface area contributed by atoms with Crippen LogP contribution in [-0.4, -0.2) is 47.4 Å². The van der Waals surface area contributed by atoms with Gasteiger partial charge in [-0.2, -0.15) is 0 Å². The number of phenols is 1. The van der Waals surface area contributed by atoms with Crippen LogP contribution in [0, 0.1) is 11.8 Å². The number of benzene rings is 1. The van der Waals surface area contributed by atoms with E-state index in [0.717, 1.165) is 45.6 Å². The largest absolute Gasteiger partial charge is 0.508 e. The number of phenolic OH excluding ortho intramolecular Hbond substituents is 1. The maximum absolute atomic E-state index is 12.7. The zero-order valence-electron chi connectivity index (χ0n) is 14.1. The van der Waals surface area contributed by atoms with Gasteiger partial charge in [0.1, 0.15) is 5.75 Å². The molecule has 2 aliphatic rings. The fraction of sp³-hybridized carbons (Fsp3) is 0.474. The molecule has 4 rings (SSSR count). The van der Waals surface area contributed by atoms with E-state index in [1.54, 1.807) is 24.3 Å². The molecule has 132 valence electrons. The van der Waals surface area contributed by atoms with Crippen LogP contribution in [0.4, 0.5) is 0 Å². The standard InChI is InChI=1S/C19H22N2O4/c22-16-3-1-2-14(10-16)18-11-17(20-25-18)19(23)21-7-4-13(5-8-21)15-6-9-24-12-15/h1-3,10-11,13,15,22H,4-9,12H2. The molecule has 0 radical (unpaired) electrons. The number of amides is 1. The second-order valence-corrected chi connectivity index (χ2v) is 6.88. The van der Waals surface area contributed by atoms with E-state index in [1.165, 1.54) is 0 Å². The molecule has 2 fully saturated rings. The highest BCUT2D eigenvalue weighted by atomic mass is 16.5. The molecule has 25 heavy (non-hydrogen) atoms. The van der Waals surface area contributed by atoms with Gasteiger partial charge in [-0.15, -0.1) is 0 Å². The Morgan fingerprint density at radius 1 is 1.16 bits per heavy atom. The van der Waals surface area contributed by atoms with Crippen LogP contribution in [0.1, 0.15) is 29.8 Å². The molecule has 6 nitrogen and oxygen atoms in total. The Morgan fingerprint density at radius 2 is 2.00 bits per heavy atom. The topological polar surface area (TPSA) is 75.8 Å². The van der Waals surface area contributed by atoms with Crippen molar-refractivity contribution in [3.05, 3.63) is 36.0 Å². The van der Waals surface area contributed by atoms with E-state index in [9.17, 15) is 9.90 Å². The SMILES string of the molecule is O=C(c1cc(-c2cccc(O)c2)on1)N1CCC(C2CCOC2)CC1. The van der Waals surface area contributed by atoms with Gasteiger partial charge in [0, 0.05) is 37.9 Å². The molecular weight excluding hydrogens is 320 g/mol. The Bertz CT molecular complexity index is 743. The number of aromatic nitrogens is 1. The molecule has 1 aromatic heterocycles. The molecule has 1 aromatic carbocycles. The fourth-order valence-corrected chi connectivity index (χ4v) is 3.83. The molecular formula is C19H22N2O4. The molecule has 2 aliphatic heterocycles. The van der Waals surface area contributed by atoms with Crippen molar-refractivity contribution in [2.24, 2.45) is 11.8 Å². The summed E-state index contributed by atoms with van der Waals surface area (Å²) >= 11 is 0. The summed E-state index contributed by atoms with van der Waals surface area (Å²) in [6.07, 6.45) is 3.20. The van der Waals surface area contributed by atoms with Gasteiger partial charge >= 0.3 is 0 Å². The summed E-state index contributed by atoms with van der Waals surface area (Å²) in [5.41, 5.74) is 1.02. The van der Waals surface area contributed by atoms with Gasteiger partial charge < -0.3 is 19.3 Å². The summed E-state index contributed by atoms with van der Waals surface area (Å²) in [4.78, 5) is 14.5. The molecule has 1 unspecified atom stereocenters. The number of hydrogen-bond donors (Lipinski definition) is 1. The molecule has 2 saturated heterocycles. The van der Waals surface area contributed by atoms with Gasteiger partial charge in [0.2, 0.25) is 0 Å². The van der Waals surface area contributed by atoms with Gasteiger partial charge in [0.25, 0.3) is 5.91 Å². The summed E-state index contributed by atoms with van der Waals surface area (Å²) in [5, 5.41) is 13.5. The second kappa shape index (κ2) is 6.88. The molecule has 2 aromatic rings. The van der Waals surface area contributed by atoms with E-state index < -0.39 is 0 Å². The number of hydrogen-bond acceptors (Lipinski definition) is 5. The van der Waals surface area contributed by atoms with Crippen LogP contribution in [0.2, 0.25) is 0 Å². The van der Waals surface area contributed by atoms with Gasteiger partial charge in [0.15, 0.2) is 11.5 Å². The van der Waals surface area contributed by atoms with Crippen molar-refractivity contribution >= 4 is 5.91 Å². The van der Waals surface area contributed by atoms with Crippen LogP contribution in [0.25, 0.3) is 11.3 Å². The van der Waals surface area contributed by atoms with Gasteiger partial charge in [0.05, 0.1) is 0 Å². The number of piperidine rings is 1. The number of carbonyl (C=O) groups excluding carboxylic acids is 1. The van der Waals surface area contributed by atoms with E-state index >= 15 is 0 Å². The second-order valence-electron chi connectivity index (χ2n) is 6.88. The van der Waals surface area contributed by atoms with Crippen LogP contribution in [-0.2, 0) is 4.74 Å². The van der Waals surface area contributed by atoms with Crippen molar-refractivity contribution < 1.29 is 19.2 Å². The van der Waals surface area contributed by atoms with Crippen LogP contribution >= 0.6 is 0 Å². The number of nitrogens with zero attached hydrogens (tertiary/aromatic N) is 2. The summed E-state index contributed by atoms with van der Waals surface area (Å²) in [6.45, 7) is 3.26. The first-order valence-corrected chi connectivity index (χ1v) is 8.84. The van der Waals surface area contributed by atoms with E-state index in [4.69, 9.17) is 9.26 Å². The Kier molecular flexibility index (Phi) is 4.44. The Balaban J connectivity index is 1.40. The third-order valence-corrected chi connectivity index (χ3v) is 5.32. The van der Waals surface area contributed by atoms with E-state index in [0.29, 0.717) is 28.9 Å². The molecule has 0 spiro atoms. The Morgan fingerprint density at radius 3 is 2.72 bits per heavy atom. The quantitative estimate of drug-likeness (QED) is 0.928. The maximum atomic E-state index is 12.7. The molecule has 1 amide bonds. The van der Waals surface area contributed by atoms with E-state index in [1.807, 2.05) is 11.0 Å². The van der Waals surface area contributed by atoms with Crippen molar-refractivity contribution in [1.82, 2.24) is 10.1 Å². The van der Waals surface area contributed by atoms with Crippen molar-refractivity contribution in [3.8, 4) is 17.1 Å². The first-order chi connectivity index (χ1) is 12.2. The molecule has 1 N–H and O–H groups in total. The first-order valence-electron chi connectivity index (χ1n) is 8.84. The minimum atomic E-state index is -0.0868. The van der Waals surface area contributed by atoms with Gasteiger partial charge in [-0.1, -0.05) is 17.3 Å². The number of ether oxygens (including phenoxy) is 1. The Hall–Kier alpha value is -2.34. The fourth-order valence-electron chi connectivity index (χ4n) is 3.83. The smallest absolute Gasteiger partial charge is 0.276 e. The van der Waals surface area contributed by atoms with Gasteiger partial charge in [-0.25, -0.2) is 0 Å². The monoisotopic (exact) mass is 342 g/mol.